The van der Waals surface area contributed by atoms with Gasteiger partial charge in [0.2, 0.25) is 0 Å². The molecule has 1 fully saturated rings. The van der Waals surface area contributed by atoms with Crippen LogP contribution >= 0.6 is 0 Å². The van der Waals surface area contributed by atoms with E-state index in [-0.39, 0.29) is 11.9 Å². The van der Waals surface area contributed by atoms with Crippen molar-refractivity contribution < 1.29 is 4.79 Å². The summed E-state index contributed by atoms with van der Waals surface area (Å²) < 4.78 is 1.89. The Bertz CT molecular complexity index is 943. The Hall–Kier alpha value is -2.96. The molecule has 1 saturated heterocycles. The third-order valence-electron chi connectivity index (χ3n) is 4.55. The molecule has 0 aliphatic carbocycles. The van der Waals surface area contributed by atoms with E-state index in [1.165, 1.54) is 0 Å². The number of carbonyl (C=O) groups is 1. The second kappa shape index (κ2) is 5.84. The maximum absolute atomic E-state index is 13.0. The minimum Gasteiger partial charge on any atom is -0.384 e. The first-order chi connectivity index (χ1) is 12.0. The Labute approximate surface area is 145 Å². The molecule has 4 heterocycles. The van der Waals surface area contributed by atoms with Crippen molar-refractivity contribution in [1.82, 2.24) is 24.3 Å². The van der Waals surface area contributed by atoms with Gasteiger partial charge < -0.3 is 15.0 Å². The zero-order valence-electron chi connectivity index (χ0n) is 14.3. The number of likely N-dealkylation sites (tertiary alicyclic amines) is 1. The monoisotopic (exact) mass is 336 g/mol. The molecular formula is C18H20N6O. The number of imidazole rings is 1. The lowest BCUT2D eigenvalue weighted by Crippen LogP contribution is -2.31. The molecule has 128 valence electrons. The minimum absolute atomic E-state index is 0.0707. The highest BCUT2D eigenvalue weighted by atomic mass is 16.2. The lowest BCUT2D eigenvalue weighted by Gasteiger charge is -2.23. The van der Waals surface area contributed by atoms with E-state index >= 15 is 0 Å². The highest BCUT2D eigenvalue weighted by Gasteiger charge is 2.33. The number of aryl methyl sites for hydroxylation is 2. The molecule has 0 saturated carbocycles. The number of amides is 1. The molecule has 0 unspecified atom stereocenters. The van der Waals surface area contributed by atoms with Crippen LogP contribution in [0.25, 0.3) is 5.65 Å². The quantitative estimate of drug-likeness (QED) is 0.775. The van der Waals surface area contributed by atoms with Crippen molar-refractivity contribution in [2.24, 2.45) is 0 Å². The van der Waals surface area contributed by atoms with Crippen molar-refractivity contribution >= 4 is 17.4 Å². The van der Waals surface area contributed by atoms with E-state index in [0.717, 1.165) is 29.7 Å². The van der Waals surface area contributed by atoms with Gasteiger partial charge in [0.25, 0.3) is 5.91 Å². The third kappa shape index (κ3) is 2.82. The molecule has 1 aliphatic rings. The molecule has 1 atom stereocenters. The first kappa shape index (κ1) is 15.6. The van der Waals surface area contributed by atoms with Crippen LogP contribution in [0, 0.1) is 13.8 Å². The Morgan fingerprint density at radius 2 is 2.04 bits per heavy atom. The molecule has 4 rings (SSSR count). The Morgan fingerprint density at radius 1 is 1.20 bits per heavy atom. The highest BCUT2D eigenvalue weighted by Crippen LogP contribution is 2.32. The normalized spacial score (nSPS) is 17.4. The second-order valence-electron chi connectivity index (χ2n) is 6.52. The van der Waals surface area contributed by atoms with E-state index in [9.17, 15) is 4.79 Å². The maximum Gasteiger partial charge on any atom is 0.274 e. The van der Waals surface area contributed by atoms with Gasteiger partial charge in [-0.3, -0.25) is 4.79 Å². The fourth-order valence-corrected chi connectivity index (χ4v) is 3.46. The molecule has 2 N–H and O–H groups in total. The molecule has 25 heavy (non-hydrogen) atoms. The predicted octanol–water partition coefficient (Wildman–Crippen LogP) is 2.30. The number of nitrogens with zero attached hydrogens (tertiary/aromatic N) is 5. The molecule has 7 heteroatoms. The Balaban J connectivity index is 1.67. The summed E-state index contributed by atoms with van der Waals surface area (Å²) in [5.74, 6) is 0.987. The lowest BCUT2D eigenvalue weighted by molar-refractivity contribution is 0.0727. The van der Waals surface area contributed by atoms with Crippen molar-refractivity contribution in [2.75, 3.05) is 12.3 Å². The van der Waals surface area contributed by atoms with Crippen molar-refractivity contribution in [3.63, 3.8) is 0 Å². The fourth-order valence-electron chi connectivity index (χ4n) is 3.46. The van der Waals surface area contributed by atoms with E-state index in [1.807, 2.05) is 41.5 Å². The molecule has 0 spiro atoms. The molecular weight excluding hydrogens is 316 g/mol. The number of carbonyl (C=O) groups excluding carboxylic acids is 1. The molecule has 0 radical (unpaired) electrons. The number of nitrogen functional groups attached to an aromatic ring is 1. The van der Waals surface area contributed by atoms with Crippen LogP contribution < -0.4 is 5.73 Å². The Morgan fingerprint density at radius 3 is 2.84 bits per heavy atom. The van der Waals surface area contributed by atoms with Crippen molar-refractivity contribution in [1.29, 1.82) is 0 Å². The maximum atomic E-state index is 13.0. The number of pyridine rings is 1. The summed E-state index contributed by atoms with van der Waals surface area (Å²) in [6, 6.07) is 5.59. The average molecular weight is 336 g/mol. The largest absolute Gasteiger partial charge is 0.384 e. The summed E-state index contributed by atoms with van der Waals surface area (Å²) in [7, 11) is 0. The minimum atomic E-state index is -0.0805. The molecule has 3 aromatic heterocycles. The van der Waals surface area contributed by atoms with Crippen LogP contribution in [-0.4, -0.2) is 36.7 Å². The summed E-state index contributed by atoms with van der Waals surface area (Å²) in [5, 5.41) is 0. The van der Waals surface area contributed by atoms with Gasteiger partial charge in [-0.25, -0.2) is 15.0 Å². The summed E-state index contributed by atoms with van der Waals surface area (Å²) in [5.41, 5.74) is 9.00. The summed E-state index contributed by atoms with van der Waals surface area (Å²) >= 11 is 0. The van der Waals surface area contributed by atoms with Gasteiger partial charge in [-0.15, -0.1) is 0 Å². The van der Waals surface area contributed by atoms with Gasteiger partial charge in [0.1, 0.15) is 23.0 Å². The second-order valence-corrected chi connectivity index (χ2v) is 6.52. The first-order valence-electron chi connectivity index (χ1n) is 8.38. The van der Waals surface area contributed by atoms with E-state index in [2.05, 4.69) is 15.0 Å². The number of aromatic nitrogens is 4. The third-order valence-corrected chi connectivity index (χ3v) is 4.55. The zero-order chi connectivity index (χ0) is 17.6. The van der Waals surface area contributed by atoms with Crippen molar-refractivity contribution in [3.05, 3.63) is 53.4 Å². The van der Waals surface area contributed by atoms with Crippen LogP contribution in [0.15, 0.2) is 30.6 Å². The van der Waals surface area contributed by atoms with E-state index in [4.69, 9.17) is 5.73 Å². The smallest absolute Gasteiger partial charge is 0.274 e. The van der Waals surface area contributed by atoms with Crippen molar-refractivity contribution in [2.45, 2.75) is 32.7 Å². The van der Waals surface area contributed by atoms with Gasteiger partial charge in [0, 0.05) is 25.0 Å². The van der Waals surface area contributed by atoms with Gasteiger partial charge >= 0.3 is 0 Å². The fraction of sp³-hybridized carbons (Fsp3) is 0.333. The van der Waals surface area contributed by atoms with Crippen LogP contribution in [0.1, 0.15) is 46.5 Å². The predicted molar refractivity (Wildman–Crippen MR) is 94.1 cm³/mol. The number of fused-ring (bicyclic) bond motifs is 1. The average Bonchev–Trinajstić information content (AvgIpc) is 3.19. The van der Waals surface area contributed by atoms with Crippen LogP contribution in [0.4, 0.5) is 5.82 Å². The van der Waals surface area contributed by atoms with Gasteiger partial charge in [-0.2, -0.15) is 0 Å². The SMILES string of the molecule is Cc1ccc2nc(C(=O)N3CCC[C@H]3c3cc(N)nc(C)n3)cn2c1. The van der Waals surface area contributed by atoms with Gasteiger partial charge in [0.05, 0.1) is 11.7 Å². The standard InChI is InChI=1S/C18H20N6O/c1-11-5-6-17-22-14(10-23(17)9-11)18(25)24-7-3-4-15(24)13-8-16(19)21-12(2)20-13/h5-6,8-10,15H,3-4,7H2,1-2H3,(H2,19,20,21)/t15-/m0/s1. The van der Waals surface area contributed by atoms with Gasteiger partial charge in [0.15, 0.2) is 0 Å². The lowest BCUT2D eigenvalue weighted by atomic mass is 10.1. The van der Waals surface area contributed by atoms with Crippen LogP contribution in [0.5, 0.6) is 0 Å². The van der Waals surface area contributed by atoms with Crippen LogP contribution in [-0.2, 0) is 0 Å². The Kier molecular flexibility index (Phi) is 3.63. The van der Waals surface area contributed by atoms with E-state index in [0.29, 0.717) is 23.9 Å². The van der Waals surface area contributed by atoms with E-state index < -0.39 is 0 Å². The summed E-state index contributed by atoms with van der Waals surface area (Å²) in [6.45, 7) is 4.52. The summed E-state index contributed by atoms with van der Waals surface area (Å²) in [6.07, 6.45) is 5.56. The zero-order valence-corrected chi connectivity index (χ0v) is 14.3. The van der Waals surface area contributed by atoms with Crippen molar-refractivity contribution in [3.8, 4) is 0 Å². The number of hydrogen-bond acceptors (Lipinski definition) is 5. The topological polar surface area (TPSA) is 89.4 Å². The van der Waals surface area contributed by atoms with Crippen LogP contribution in [0.3, 0.4) is 0 Å². The molecule has 7 nitrogen and oxygen atoms in total. The first-order valence-corrected chi connectivity index (χ1v) is 8.38. The molecule has 3 aromatic rings. The highest BCUT2D eigenvalue weighted by molar-refractivity contribution is 5.93. The summed E-state index contributed by atoms with van der Waals surface area (Å²) in [4.78, 5) is 28.0. The van der Waals surface area contributed by atoms with Gasteiger partial charge in [-0.1, -0.05) is 6.07 Å². The number of nitrogens with two attached hydrogens (primary N) is 1. The van der Waals surface area contributed by atoms with E-state index in [1.54, 1.807) is 12.3 Å². The van der Waals surface area contributed by atoms with Gasteiger partial charge in [-0.05, 0) is 38.3 Å². The van der Waals surface area contributed by atoms with Crippen LogP contribution in [0.2, 0.25) is 0 Å². The molecule has 1 aliphatic heterocycles. The number of anilines is 1. The number of rotatable bonds is 2. The number of hydrogen-bond donors (Lipinski definition) is 1. The molecule has 1 amide bonds. The molecule has 0 bridgehead atoms. The molecule has 0 aromatic carbocycles.